The van der Waals surface area contributed by atoms with E-state index in [4.69, 9.17) is 140 Å². The van der Waals surface area contributed by atoms with Gasteiger partial charge in [0.2, 0.25) is 18.3 Å². The van der Waals surface area contributed by atoms with Gasteiger partial charge in [0.25, 0.3) is 3.79 Å². The third-order valence-electron chi connectivity index (χ3n) is 21.8. The Morgan fingerprint density at radius 2 is 0.449 bits per heavy atom. The van der Waals surface area contributed by atoms with Crippen LogP contribution in [0.4, 0.5) is 0 Å². The van der Waals surface area contributed by atoms with E-state index in [1.807, 2.05) is 0 Å². The fraction of sp³-hybridized carbons (Fsp3) is 0.294. The van der Waals surface area contributed by atoms with Gasteiger partial charge in [0, 0.05) is 20.8 Å². The second-order valence-corrected chi connectivity index (χ2v) is 33.8. The number of halogens is 3. The van der Waals surface area contributed by atoms with Gasteiger partial charge in [0.1, 0.15) is 43.2 Å². The number of nitrogens with one attached hydrogen (secondary N) is 1. The van der Waals surface area contributed by atoms with Crippen LogP contribution >= 0.6 is 34.8 Å². The van der Waals surface area contributed by atoms with Crippen LogP contribution in [0.1, 0.15) is 115 Å². The van der Waals surface area contributed by atoms with Gasteiger partial charge in [0.15, 0.2) is 73.8 Å². The lowest BCUT2D eigenvalue weighted by Crippen LogP contribution is -2.66. The number of carbonyl (C=O) groups excluding carboxylic acids is 11. The first-order chi connectivity index (χ1) is 66.8. The van der Waals surface area contributed by atoms with E-state index in [1.165, 1.54) is 194 Å². The largest absolute Gasteiger partial charge is 0.463 e. The smallest absolute Gasteiger partial charge is 0.338 e. The van der Waals surface area contributed by atoms with Crippen molar-refractivity contribution in [3.8, 4) is 0 Å². The Kier molecular flexibility index (Phi) is 35.2. The zero-order valence-electron chi connectivity index (χ0n) is 73.9. The monoisotopic (exact) mass is 1950 g/mol. The maximum atomic E-state index is 15.4. The van der Waals surface area contributed by atoms with E-state index in [9.17, 15) is 28.8 Å². The molecule has 33 nitrogen and oxygen atoms in total. The van der Waals surface area contributed by atoms with Gasteiger partial charge in [-0.15, -0.1) is 0 Å². The predicted molar refractivity (Wildman–Crippen MR) is 485 cm³/mol. The molecular weight excluding hydrogens is 1860 g/mol. The van der Waals surface area contributed by atoms with Gasteiger partial charge >= 0.3 is 65.7 Å². The highest BCUT2D eigenvalue weighted by Crippen LogP contribution is 2.41. The minimum absolute atomic E-state index is 0.0938. The zero-order valence-corrected chi connectivity index (χ0v) is 76.1. The van der Waals surface area contributed by atoms with Gasteiger partial charge in [-0.25, -0.2) is 38.4 Å². The molecular formula is C102H92Cl3NO32. The first kappa shape index (κ1) is 100. The molecule has 4 saturated heterocycles. The summed E-state index contributed by atoms with van der Waals surface area (Å²) in [7, 11) is 0. The fourth-order valence-corrected chi connectivity index (χ4v) is 15.4. The average Bonchev–Trinajstić information content (AvgIpc) is 0.769. The Bertz CT molecular complexity index is 5760. The van der Waals surface area contributed by atoms with Crippen LogP contribution < -0.4 is 0 Å². The average molecular weight is 1950 g/mol. The molecule has 0 aromatic heterocycles. The van der Waals surface area contributed by atoms with E-state index >= 15 is 24.0 Å². The van der Waals surface area contributed by atoms with Gasteiger partial charge in [-0.05, 0) is 108 Å². The molecule has 0 bridgehead atoms. The molecule has 1 N–H and O–H groups in total. The van der Waals surface area contributed by atoms with Crippen LogP contribution in [0, 0.1) is 5.41 Å². The van der Waals surface area contributed by atoms with Crippen molar-refractivity contribution in [3.63, 3.8) is 0 Å². The minimum atomic E-state index is -2.73. The molecule has 0 radical (unpaired) electrons. The molecule has 4 aliphatic rings. The molecule has 20 atom stereocenters. The predicted octanol–water partition coefficient (Wildman–Crippen LogP) is 13.7. The number of ether oxygens (including phenoxy) is 21. The summed E-state index contributed by atoms with van der Waals surface area (Å²) in [4.78, 5) is 161. The molecule has 10 aromatic carbocycles. The normalized spacial score (nSPS) is 24.4. The van der Waals surface area contributed by atoms with E-state index < -0.39 is 225 Å². The van der Waals surface area contributed by atoms with Crippen LogP contribution in [0.5, 0.6) is 0 Å². The summed E-state index contributed by atoms with van der Waals surface area (Å²) >= 11 is 19.0. The first-order valence-electron chi connectivity index (χ1n) is 43.4. The summed E-state index contributed by atoms with van der Waals surface area (Å²) in [5, 5.41) is 8.99. The summed E-state index contributed by atoms with van der Waals surface area (Å²) in [6, 6.07) is 76.7. The van der Waals surface area contributed by atoms with E-state index in [2.05, 4.69) is 0 Å². The minimum Gasteiger partial charge on any atom is -0.463 e. The molecule has 0 unspecified atom stereocenters. The number of hydrogen-bond donors (Lipinski definition) is 1. The molecule has 4 aliphatic heterocycles. The molecule has 0 saturated carbocycles. The number of rotatable bonds is 36. The maximum Gasteiger partial charge on any atom is 0.338 e. The molecule has 718 valence electrons. The Morgan fingerprint density at radius 1 is 0.239 bits per heavy atom. The van der Waals surface area contributed by atoms with Crippen molar-refractivity contribution in [1.82, 2.24) is 0 Å². The van der Waals surface area contributed by atoms with E-state index in [-0.39, 0.29) is 57.7 Å². The van der Waals surface area contributed by atoms with Crippen LogP contribution in [0.3, 0.4) is 0 Å². The number of benzene rings is 10. The van der Waals surface area contributed by atoms with Crippen LogP contribution in [-0.2, 0) is 127 Å². The van der Waals surface area contributed by atoms with Gasteiger partial charge in [0.05, 0.1) is 77.5 Å². The summed E-state index contributed by atoms with van der Waals surface area (Å²) in [6.07, 6.45) is -39.2. The molecule has 0 amide bonds. The number of alkyl halides is 3. The van der Waals surface area contributed by atoms with Gasteiger partial charge in [-0.1, -0.05) is 241 Å². The fourth-order valence-electron chi connectivity index (χ4n) is 15.3. The number of hydrogen-bond acceptors (Lipinski definition) is 33. The highest BCUT2D eigenvalue weighted by Gasteiger charge is 2.60. The SMILES string of the molecule is CC(=O)OC[C@H]1O[C@H](OC[C@H]2O[C@H](OC[C@H]3O[C@@H](OC[C@H]4O[C@H](OC(=N)C(Cl)(Cl)Cl)[C@H](OC(=O)c5ccccc5)[C@@H](OC(=O)c5ccccc5)[C@H]4OC(=O)c4ccccc4)[C@H](OC(=O)c4ccccc4)[C@@H](OC(=O)c4ccccc4)[C@H]3OC(=O)c3ccccc3)[C@H](OC(=O)c3ccccc3)[C@@H](OC(=O)c3ccccc3)[C@H]2OC(C)=O)[C@H](OCc2ccccc2)[C@@H](OCc2ccccc2)[C@H]1OC(C)=O. The summed E-state index contributed by atoms with van der Waals surface area (Å²) in [5.74, 6) is -12.9. The maximum absolute atomic E-state index is 15.4. The molecule has 4 fully saturated rings. The lowest BCUT2D eigenvalue weighted by molar-refractivity contribution is -0.348. The third-order valence-corrected chi connectivity index (χ3v) is 22.3. The van der Waals surface area contributed by atoms with Crippen LogP contribution in [-0.4, -0.2) is 225 Å². The van der Waals surface area contributed by atoms with Gasteiger partial charge in [-0.3, -0.25) is 19.8 Å². The van der Waals surface area contributed by atoms with Crippen molar-refractivity contribution in [1.29, 1.82) is 5.41 Å². The number of esters is 11. The van der Waals surface area contributed by atoms with Crippen molar-refractivity contribution < 1.29 is 152 Å². The van der Waals surface area contributed by atoms with Crippen LogP contribution in [0.25, 0.3) is 0 Å². The molecule has 0 spiro atoms. The highest BCUT2D eigenvalue weighted by molar-refractivity contribution is 6.76. The molecule has 138 heavy (non-hydrogen) atoms. The third kappa shape index (κ3) is 27.0. The first-order valence-corrected chi connectivity index (χ1v) is 44.6. The van der Waals surface area contributed by atoms with Crippen molar-refractivity contribution in [3.05, 3.63) is 359 Å². The quantitative estimate of drug-likeness (QED) is 0.0125. The van der Waals surface area contributed by atoms with Crippen molar-refractivity contribution in [2.75, 3.05) is 26.4 Å². The number of carbonyl (C=O) groups is 11. The summed E-state index contributed by atoms with van der Waals surface area (Å²) in [6.45, 7) is -0.664. The van der Waals surface area contributed by atoms with Crippen molar-refractivity contribution >= 4 is 106 Å². The Morgan fingerprint density at radius 3 is 0.710 bits per heavy atom. The molecule has 4 heterocycles. The zero-order chi connectivity index (χ0) is 97.2. The lowest BCUT2D eigenvalue weighted by atomic mass is 9.96. The standard InChI is InChI=1S/C102H92Cl3NO32/c1-60(107)118-56-73-77(124-61(2)108)81(119-54-63-34-14-4-15-35-63)85(120-55-64-36-16-5-17-37-64)97(126-73)121-57-74-78(125-62(3)109)82(132-91(112)67-42-22-8-23-43-67)86(135-94(115)70-48-28-11-29-49-70)98(127-74)122-58-75-79(130-89(110)65-38-18-6-19-39-65)83(133-92(113)68-44-24-9-25-45-68)87(136-95(116)71-50-30-12-31-51-71)99(128-75)123-59-76-80(131-90(111)66-40-20-7-21-41-66)84(134-93(114)69-46-26-10-27-47-69)88(100(129-76)138-101(106)102(103,104)105)137-96(117)72-52-32-13-33-53-72/h4-53,73-88,97-100,106H,54-59H2,1-3H3/t73-,74-,75-,76-,77+,78+,79+,80+,81+,82+,83+,84+,85-,86-,87-,88-,97+,98+,99-,100-/m1/s1. The van der Waals surface area contributed by atoms with Crippen LogP contribution in [0.15, 0.2) is 303 Å². The van der Waals surface area contributed by atoms with E-state index in [1.54, 1.807) is 109 Å². The Labute approximate surface area is 805 Å². The highest BCUT2D eigenvalue weighted by atomic mass is 35.6. The van der Waals surface area contributed by atoms with Crippen LogP contribution in [0.2, 0.25) is 0 Å². The Hall–Kier alpha value is -13.7. The van der Waals surface area contributed by atoms with Crippen molar-refractivity contribution in [2.24, 2.45) is 0 Å². The molecule has 36 heteroatoms. The second-order valence-electron chi connectivity index (χ2n) is 31.5. The molecule has 10 aromatic rings. The summed E-state index contributed by atoms with van der Waals surface area (Å²) < 4.78 is 134. The molecule has 14 rings (SSSR count). The van der Waals surface area contributed by atoms with Gasteiger partial charge in [-0.2, -0.15) is 0 Å². The second kappa shape index (κ2) is 48.4. The summed E-state index contributed by atoms with van der Waals surface area (Å²) in [5.41, 5.74) is 0.348. The molecule has 0 aliphatic carbocycles. The van der Waals surface area contributed by atoms with E-state index in [0.717, 1.165) is 20.8 Å². The topological polar surface area (TPSA) is 405 Å². The van der Waals surface area contributed by atoms with E-state index in [0.29, 0.717) is 11.1 Å². The van der Waals surface area contributed by atoms with Crippen molar-refractivity contribution in [2.45, 2.75) is 161 Å². The van der Waals surface area contributed by atoms with Gasteiger partial charge < -0.3 is 99.5 Å². The Balaban J connectivity index is 0.918. The lowest BCUT2D eigenvalue weighted by Gasteiger charge is -2.48.